The maximum absolute atomic E-state index is 12.6. The third-order valence-electron chi connectivity index (χ3n) is 5.64. The Morgan fingerprint density at radius 2 is 1.54 bits per heavy atom. The Labute approximate surface area is 216 Å². The highest BCUT2D eigenvalue weighted by atomic mass is 16.5. The molecule has 0 saturated heterocycles. The van der Waals surface area contributed by atoms with Gasteiger partial charge in [-0.25, -0.2) is 5.43 Å². The quantitative estimate of drug-likeness (QED) is 0.203. The molecule has 0 aromatic heterocycles. The average Bonchev–Trinajstić information content (AvgIpc) is 2.93. The fourth-order valence-corrected chi connectivity index (χ4v) is 3.88. The number of hydrazone groups is 1. The molecule has 0 fully saturated rings. The minimum Gasteiger partial charge on any atom is -0.493 e. The van der Waals surface area contributed by atoms with E-state index < -0.39 is 0 Å². The summed E-state index contributed by atoms with van der Waals surface area (Å²) in [5, 5.41) is 6.43. The fourth-order valence-electron chi connectivity index (χ4n) is 3.88. The van der Waals surface area contributed by atoms with Crippen molar-refractivity contribution in [2.75, 3.05) is 20.3 Å². The van der Waals surface area contributed by atoms with Gasteiger partial charge in [0.25, 0.3) is 5.91 Å². The SMILES string of the molecule is CCOc1cc(C(=O)N/N=C/c2ccc(OCc3cccc4ccccc34)c(OCC)c2)ccc1OC. The zero-order valence-electron chi connectivity index (χ0n) is 21.2. The van der Waals surface area contributed by atoms with Crippen molar-refractivity contribution < 1.29 is 23.7 Å². The van der Waals surface area contributed by atoms with E-state index in [1.807, 2.05) is 50.2 Å². The molecule has 0 heterocycles. The van der Waals surface area contributed by atoms with Gasteiger partial charge in [-0.1, -0.05) is 42.5 Å². The van der Waals surface area contributed by atoms with Gasteiger partial charge in [0, 0.05) is 5.56 Å². The summed E-state index contributed by atoms with van der Waals surface area (Å²) in [6.45, 7) is 5.15. The van der Waals surface area contributed by atoms with Gasteiger partial charge in [0.15, 0.2) is 23.0 Å². The molecule has 4 aromatic rings. The predicted molar refractivity (Wildman–Crippen MR) is 145 cm³/mol. The maximum Gasteiger partial charge on any atom is 0.271 e. The fraction of sp³-hybridized carbons (Fsp3) is 0.200. The van der Waals surface area contributed by atoms with Crippen LogP contribution in [0.25, 0.3) is 10.8 Å². The first-order valence-corrected chi connectivity index (χ1v) is 12.1. The van der Waals surface area contributed by atoms with Gasteiger partial charge in [-0.2, -0.15) is 5.10 Å². The Hall–Kier alpha value is -4.52. The number of methoxy groups -OCH3 is 1. The third kappa shape index (κ3) is 6.38. The number of amides is 1. The zero-order chi connectivity index (χ0) is 26.0. The molecule has 1 amide bonds. The van der Waals surface area contributed by atoms with E-state index in [1.165, 1.54) is 5.39 Å². The molecule has 0 radical (unpaired) electrons. The summed E-state index contributed by atoms with van der Waals surface area (Å²) in [5.41, 5.74) is 4.81. The van der Waals surface area contributed by atoms with Crippen LogP contribution in [-0.4, -0.2) is 32.4 Å². The molecule has 7 heteroatoms. The van der Waals surface area contributed by atoms with E-state index in [4.69, 9.17) is 18.9 Å². The summed E-state index contributed by atoms with van der Waals surface area (Å²) in [7, 11) is 1.55. The van der Waals surface area contributed by atoms with E-state index in [9.17, 15) is 4.79 Å². The largest absolute Gasteiger partial charge is 0.493 e. The van der Waals surface area contributed by atoms with Crippen LogP contribution in [0.3, 0.4) is 0 Å². The number of benzene rings is 4. The highest BCUT2D eigenvalue weighted by Gasteiger charge is 2.11. The first-order chi connectivity index (χ1) is 18.1. The molecule has 0 unspecified atom stereocenters. The van der Waals surface area contributed by atoms with Crippen LogP contribution >= 0.6 is 0 Å². The summed E-state index contributed by atoms with van der Waals surface area (Å²) in [6.07, 6.45) is 1.56. The minimum absolute atomic E-state index is 0.361. The van der Waals surface area contributed by atoms with Crippen LogP contribution in [0.15, 0.2) is 84.0 Å². The van der Waals surface area contributed by atoms with E-state index >= 15 is 0 Å². The summed E-state index contributed by atoms with van der Waals surface area (Å²) in [4.78, 5) is 12.6. The molecule has 0 spiro atoms. The second-order valence-electron chi connectivity index (χ2n) is 8.06. The second-order valence-corrected chi connectivity index (χ2v) is 8.06. The number of carbonyl (C=O) groups is 1. The van der Waals surface area contributed by atoms with Crippen LogP contribution in [0.4, 0.5) is 0 Å². The third-order valence-corrected chi connectivity index (χ3v) is 5.64. The molecule has 37 heavy (non-hydrogen) atoms. The Kier molecular flexibility index (Phi) is 8.60. The summed E-state index contributed by atoms with van der Waals surface area (Å²) in [6, 6.07) is 24.9. The molecular weight excluding hydrogens is 468 g/mol. The number of rotatable bonds is 11. The Balaban J connectivity index is 1.44. The van der Waals surface area contributed by atoms with E-state index in [2.05, 4.69) is 34.8 Å². The second kappa shape index (κ2) is 12.4. The molecule has 0 aliphatic carbocycles. The van der Waals surface area contributed by atoms with Crippen molar-refractivity contribution >= 4 is 22.9 Å². The predicted octanol–water partition coefficient (Wildman–Crippen LogP) is 5.99. The molecular formula is C30H30N2O5. The van der Waals surface area contributed by atoms with Crippen LogP contribution in [0.2, 0.25) is 0 Å². The summed E-state index contributed by atoms with van der Waals surface area (Å²) < 4.78 is 22.7. The van der Waals surface area contributed by atoms with Gasteiger partial charge in [-0.05, 0) is 72.1 Å². The molecule has 0 saturated carbocycles. The molecule has 4 rings (SSSR count). The highest BCUT2D eigenvalue weighted by molar-refractivity contribution is 5.95. The maximum atomic E-state index is 12.6. The van der Waals surface area contributed by atoms with Crippen LogP contribution in [0.5, 0.6) is 23.0 Å². The molecule has 1 N–H and O–H groups in total. The van der Waals surface area contributed by atoms with Gasteiger partial charge < -0.3 is 18.9 Å². The molecule has 0 bridgehead atoms. The number of nitrogens with zero attached hydrogens (tertiary/aromatic N) is 1. The molecule has 7 nitrogen and oxygen atoms in total. The van der Waals surface area contributed by atoms with E-state index in [1.54, 1.807) is 31.5 Å². The van der Waals surface area contributed by atoms with Gasteiger partial charge in [-0.15, -0.1) is 0 Å². The molecule has 0 aliphatic heterocycles. The van der Waals surface area contributed by atoms with Gasteiger partial charge in [0.1, 0.15) is 6.61 Å². The van der Waals surface area contributed by atoms with Crippen molar-refractivity contribution in [3.8, 4) is 23.0 Å². The molecule has 0 aliphatic rings. The summed E-state index contributed by atoms with van der Waals surface area (Å²) in [5.74, 6) is 1.95. The monoisotopic (exact) mass is 498 g/mol. The number of ether oxygens (including phenoxy) is 4. The number of carbonyl (C=O) groups excluding carboxylic acids is 1. The Morgan fingerprint density at radius 3 is 2.32 bits per heavy atom. The first-order valence-electron chi connectivity index (χ1n) is 12.1. The van der Waals surface area contributed by atoms with Crippen molar-refractivity contribution in [1.82, 2.24) is 5.43 Å². The standard InChI is InChI=1S/C30H30N2O5/c1-4-35-28-17-21(19-31-32-30(33)23-14-16-26(34-3)29(18-23)36-5-2)13-15-27(28)37-20-24-11-8-10-22-9-6-7-12-25(22)24/h6-19H,4-5,20H2,1-3H3,(H,32,33)/b31-19+. The number of hydrogen-bond acceptors (Lipinski definition) is 6. The van der Waals surface area contributed by atoms with Crippen molar-refractivity contribution in [3.05, 3.63) is 95.6 Å². The lowest BCUT2D eigenvalue weighted by molar-refractivity contribution is 0.0954. The Morgan fingerprint density at radius 1 is 0.811 bits per heavy atom. The van der Waals surface area contributed by atoms with Gasteiger partial charge in [0.05, 0.1) is 26.5 Å². The smallest absolute Gasteiger partial charge is 0.271 e. The van der Waals surface area contributed by atoms with Gasteiger partial charge >= 0.3 is 0 Å². The van der Waals surface area contributed by atoms with Crippen molar-refractivity contribution in [1.29, 1.82) is 0 Å². The molecule has 190 valence electrons. The minimum atomic E-state index is -0.361. The zero-order valence-corrected chi connectivity index (χ0v) is 21.2. The molecule has 4 aromatic carbocycles. The van der Waals surface area contributed by atoms with Gasteiger partial charge in [-0.3, -0.25) is 4.79 Å². The van der Waals surface area contributed by atoms with Crippen molar-refractivity contribution in [2.24, 2.45) is 5.10 Å². The van der Waals surface area contributed by atoms with E-state index in [0.717, 1.165) is 16.5 Å². The lowest BCUT2D eigenvalue weighted by Crippen LogP contribution is -2.17. The first kappa shape index (κ1) is 25.6. The van der Waals surface area contributed by atoms with Crippen LogP contribution in [0, 0.1) is 0 Å². The van der Waals surface area contributed by atoms with Crippen LogP contribution in [-0.2, 0) is 6.61 Å². The average molecular weight is 499 g/mol. The lowest BCUT2D eigenvalue weighted by Gasteiger charge is -2.14. The van der Waals surface area contributed by atoms with Crippen molar-refractivity contribution in [3.63, 3.8) is 0 Å². The summed E-state index contributed by atoms with van der Waals surface area (Å²) >= 11 is 0. The van der Waals surface area contributed by atoms with E-state index in [-0.39, 0.29) is 5.91 Å². The topological polar surface area (TPSA) is 78.4 Å². The normalized spacial score (nSPS) is 10.9. The van der Waals surface area contributed by atoms with Crippen LogP contribution in [0.1, 0.15) is 35.3 Å². The lowest BCUT2D eigenvalue weighted by atomic mass is 10.1. The number of nitrogens with one attached hydrogen (secondary N) is 1. The molecule has 0 atom stereocenters. The highest BCUT2D eigenvalue weighted by Crippen LogP contribution is 2.30. The number of hydrogen-bond donors (Lipinski definition) is 1. The number of fused-ring (bicyclic) bond motifs is 1. The van der Waals surface area contributed by atoms with E-state index in [0.29, 0.717) is 48.4 Å². The Bertz CT molecular complexity index is 1390. The van der Waals surface area contributed by atoms with Crippen molar-refractivity contribution in [2.45, 2.75) is 20.5 Å². The van der Waals surface area contributed by atoms with Crippen LogP contribution < -0.4 is 24.4 Å². The van der Waals surface area contributed by atoms with Gasteiger partial charge in [0.2, 0.25) is 0 Å².